The van der Waals surface area contributed by atoms with E-state index in [0.29, 0.717) is 6.54 Å². The quantitative estimate of drug-likeness (QED) is 0.682. The maximum atomic E-state index is 5.34. The van der Waals surface area contributed by atoms with E-state index in [9.17, 15) is 0 Å². The topological polar surface area (TPSA) is 39.2 Å². The Bertz CT molecular complexity index is 545. The van der Waals surface area contributed by atoms with Crippen molar-refractivity contribution in [3.63, 3.8) is 0 Å². The van der Waals surface area contributed by atoms with Gasteiger partial charge in [0.25, 0.3) is 0 Å². The lowest BCUT2D eigenvalue weighted by Gasteiger charge is -1.96. The Labute approximate surface area is 109 Å². The molecule has 0 aliphatic heterocycles. The van der Waals surface area contributed by atoms with Crippen molar-refractivity contribution < 1.29 is 4.42 Å². The highest BCUT2D eigenvalue weighted by molar-refractivity contribution is 7.98. The fourth-order valence-corrected chi connectivity index (χ4v) is 3.22. The number of hydrogen-bond donors (Lipinski definition) is 1. The Balaban J connectivity index is 1.96. The molecule has 0 saturated carbocycles. The highest BCUT2D eigenvalue weighted by Crippen LogP contribution is 2.29. The molecule has 88 valence electrons. The van der Waals surface area contributed by atoms with Crippen LogP contribution >= 0.6 is 23.1 Å². The number of rotatable bonds is 3. The summed E-state index contributed by atoms with van der Waals surface area (Å²) >= 11 is 3.51. The van der Waals surface area contributed by atoms with Gasteiger partial charge < -0.3 is 10.2 Å². The number of hydrogen-bond acceptors (Lipinski definition) is 4. The van der Waals surface area contributed by atoms with Gasteiger partial charge in [-0.3, -0.25) is 0 Å². The van der Waals surface area contributed by atoms with Crippen LogP contribution in [0, 0.1) is 18.8 Å². The number of thiophene rings is 1. The molecule has 2 aromatic rings. The Kier molecular flexibility index (Phi) is 4.32. The van der Waals surface area contributed by atoms with Crippen LogP contribution in [0.4, 0.5) is 0 Å². The zero-order chi connectivity index (χ0) is 12.1. The molecular weight excluding hydrogens is 250 g/mol. The van der Waals surface area contributed by atoms with Crippen LogP contribution < -0.4 is 5.73 Å². The average molecular weight is 263 g/mol. The summed E-state index contributed by atoms with van der Waals surface area (Å²) < 4.78 is 5.26. The van der Waals surface area contributed by atoms with E-state index in [1.54, 1.807) is 29.4 Å². The molecule has 0 radical (unpaired) electrons. The first-order valence-corrected chi connectivity index (χ1v) is 7.04. The summed E-state index contributed by atoms with van der Waals surface area (Å²) in [7, 11) is 0. The van der Waals surface area contributed by atoms with Gasteiger partial charge in [-0.1, -0.05) is 11.8 Å². The maximum Gasteiger partial charge on any atom is 0.114 e. The third kappa shape index (κ3) is 3.40. The van der Waals surface area contributed by atoms with Crippen molar-refractivity contribution in [2.45, 2.75) is 17.6 Å². The van der Waals surface area contributed by atoms with Crippen LogP contribution in [0.5, 0.6) is 0 Å². The van der Waals surface area contributed by atoms with Crippen LogP contribution in [-0.4, -0.2) is 6.54 Å². The Hall–Kier alpha value is -1.15. The van der Waals surface area contributed by atoms with Gasteiger partial charge in [-0.2, -0.15) is 0 Å². The third-order valence-corrected chi connectivity index (χ3v) is 4.53. The van der Waals surface area contributed by atoms with E-state index >= 15 is 0 Å². The van der Waals surface area contributed by atoms with Crippen molar-refractivity contribution in [2.75, 3.05) is 6.54 Å². The fraction of sp³-hybridized carbons (Fsp3) is 0.231. The van der Waals surface area contributed by atoms with Crippen molar-refractivity contribution in [3.05, 3.63) is 40.0 Å². The van der Waals surface area contributed by atoms with Gasteiger partial charge in [0.1, 0.15) is 5.76 Å². The van der Waals surface area contributed by atoms with Gasteiger partial charge in [-0.25, -0.2) is 0 Å². The molecule has 2 N–H and O–H groups in total. The van der Waals surface area contributed by atoms with E-state index in [-0.39, 0.29) is 0 Å². The Morgan fingerprint density at radius 2 is 2.29 bits per heavy atom. The first kappa shape index (κ1) is 12.3. The number of aryl methyl sites for hydroxylation is 1. The van der Waals surface area contributed by atoms with E-state index in [4.69, 9.17) is 10.2 Å². The van der Waals surface area contributed by atoms with E-state index < -0.39 is 0 Å². The molecule has 4 heteroatoms. The summed E-state index contributed by atoms with van der Waals surface area (Å²) in [6, 6.07) is 6.17. The van der Waals surface area contributed by atoms with Gasteiger partial charge in [0.2, 0.25) is 0 Å². The molecule has 2 aromatic heterocycles. The fourth-order valence-electron chi connectivity index (χ4n) is 1.33. The first-order valence-electron chi connectivity index (χ1n) is 5.24. The summed E-state index contributed by atoms with van der Waals surface area (Å²) in [6.45, 7) is 2.39. The zero-order valence-corrected chi connectivity index (χ0v) is 11.2. The van der Waals surface area contributed by atoms with Gasteiger partial charge in [0.05, 0.1) is 17.7 Å². The molecule has 0 aliphatic carbocycles. The summed E-state index contributed by atoms with van der Waals surface area (Å²) in [5.41, 5.74) is 5.34. The molecular formula is C13H13NOS2. The molecule has 0 bridgehead atoms. The summed E-state index contributed by atoms with van der Waals surface area (Å²) in [5.74, 6) is 7.84. The van der Waals surface area contributed by atoms with Crippen LogP contribution in [0.25, 0.3) is 0 Å². The maximum absolute atomic E-state index is 5.34. The molecule has 0 atom stereocenters. The van der Waals surface area contributed by atoms with E-state index in [0.717, 1.165) is 16.4 Å². The third-order valence-electron chi connectivity index (χ3n) is 2.16. The molecule has 0 saturated heterocycles. The predicted octanol–water partition coefficient (Wildman–Crippen LogP) is 3.25. The summed E-state index contributed by atoms with van der Waals surface area (Å²) in [6.07, 6.45) is 1.73. The molecule has 0 fully saturated rings. The standard InChI is InChI=1S/C13H13NOS2/c1-10-13(6-8-15-10)16-9-12-5-4-11(17-12)3-2-7-14/h4-6,8H,7,9,14H2,1H3. The second-order valence-electron chi connectivity index (χ2n) is 3.40. The molecule has 0 aliphatic rings. The lowest BCUT2D eigenvalue weighted by atomic mass is 10.4. The van der Waals surface area contributed by atoms with E-state index in [1.165, 1.54) is 9.77 Å². The van der Waals surface area contributed by atoms with Crippen molar-refractivity contribution in [3.8, 4) is 11.8 Å². The number of thioether (sulfide) groups is 1. The van der Waals surface area contributed by atoms with Crippen LogP contribution in [0.2, 0.25) is 0 Å². The molecule has 2 rings (SSSR count). The summed E-state index contributed by atoms with van der Waals surface area (Å²) in [4.78, 5) is 3.60. The van der Waals surface area contributed by atoms with Crippen LogP contribution in [0.1, 0.15) is 15.5 Å². The SMILES string of the molecule is Cc1occc1SCc1ccc(C#CCN)s1. The van der Waals surface area contributed by atoms with Crippen molar-refractivity contribution in [2.24, 2.45) is 5.73 Å². The number of nitrogens with two attached hydrogens (primary N) is 1. The molecule has 17 heavy (non-hydrogen) atoms. The van der Waals surface area contributed by atoms with Gasteiger partial charge in [0, 0.05) is 15.5 Å². The lowest BCUT2D eigenvalue weighted by Crippen LogP contribution is -1.92. The monoisotopic (exact) mass is 263 g/mol. The zero-order valence-electron chi connectivity index (χ0n) is 9.53. The highest BCUT2D eigenvalue weighted by atomic mass is 32.2. The van der Waals surface area contributed by atoms with Crippen LogP contribution in [0.3, 0.4) is 0 Å². The predicted molar refractivity (Wildman–Crippen MR) is 73.3 cm³/mol. The minimum atomic E-state index is 0.413. The average Bonchev–Trinajstić information content (AvgIpc) is 2.93. The van der Waals surface area contributed by atoms with Gasteiger partial charge in [-0.05, 0) is 25.1 Å². The van der Waals surface area contributed by atoms with Crippen LogP contribution in [-0.2, 0) is 5.75 Å². The van der Waals surface area contributed by atoms with Crippen molar-refractivity contribution >= 4 is 23.1 Å². The molecule has 0 aromatic carbocycles. The van der Waals surface area contributed by atoms with E-state index in [2.05, 4.69) is 17.9 Å². The van der Waals surface area contributed by atoms with Crippen molar-refractivity contribution in [1.82, 2.24) is 0 Å². The summed E-state index contributed by atoms with van der Waals surface area (Å²) in [5, 5.41) is 0. The molecule has 0 spiro atoms. The number of furan rings is 1. The second-order valence-corrected chi connectivity index (χ2v) is 5.59. The minimum absolute atomic E-state index is 0.413. The van der Waals surface area contributed by atoms with Gasteiger partial charge in [-0.15, -0.1) is 23.1 Å². The molecule has 2 nitrogen and oxygen atoms in total. The Morgan fingerprint density at radius 1 is 1.41 bits per heavy atom. The normalized spacial score (nSPS) is 10.0. The molecule has 0 unspecified atom stereocenters. The Morgan fingerprint density at radius 3 is 3.00 bits per heavy atom. The van der Waals surface area contributed by atoms with E-state index in [1.807, 2.05) is 19.1 Å². The molecule has 0 amide bonds. The molecule has 2 heterocycles. The highest BCUT2D eigenvalue weighted by Gasteiger charge is 2.04. The van der Waals surface area contributed by atoms with Crippen LogP contribution in [0.15, 0.2) is 33.8 Å². The second kappa shape index (κ2) is 5.97. The van der Waals surface area contributed by atoms with Crippen molar-refractivity contribution in [1.29, 1.82) is 0 Å². The smallest absolute Gasteiger partial charge is 0.114 e. The van der Waals surface area contributed by atoms with Gasteiger partial charge in [0.15, 0.2) is 0 Å². The largest absolute Gasteiger partial charge is 0.468 e. The van der Waals surface area contributed by atoms with Gasteiger partial charge >= 0.3 is 0 Å². The first-order chi connectivity index (χ1) is 8.29. The lowest BCUT2D eigenvalue weighted by molar-refractivity contribution is 0.527. The minimum Gasteiger partial charge on any atom is -0.468 e.